The third kappa shape index (κ3) is 2.57. The Balaban J connectivity index is 1.95. The van der Waals surface area contributed by atoms with Crippen molar-refractivity contribution >= 4 is 40.0 Å². The van der Waals surface area contributed by atoms with Gasteiger partial charge in [0.15, 0.2) is 5.78 Å². The summed E-state index contributed by atoms with van der Waals surface area (Å²) in [5.74, 6) is -0.985. The zero-order valence-electron chi connectivity index (χ0n) is 10.6. The molecule has 0 saturated carbocycles. The largest absolute Gasteiger partial charge is 0.508 e. The Bertz CT molecular complexity index is 754. The van der Waals surface area contributed by atoms with Crippen molar-refractivity contribution in [1.82, 2.24) is 4.98 Å². The highest BCUT2D eigenvalue weighted by Crippen LogP contribution is 2.41. The second-order valence-electron chi connectivity index (χ2n) is 4.39. The van der Waals surface area contributed by atoms with Crippen LogP contribution >= 0.6 is 23.1 Å². The molecule has 1 fully saturated rings. The molecule has 0 spiro atoms. The number of nitrogens with one attached hydrogen (secondary N) is 1. The maximum atomic E-state index is 12.4. The number of carbonyl (C=O) groups excluding carboxylic acids is 1. The van der Waals surface area contributed by atoms with Crippen LogP contribution < -0.4 is 0 Å². The first-order valence-electron chi connectivity index (χ1n) is 6.00. The summed E-state index contributed by atoms with van der Waals surface area (Å²) in [6.45, 7) is 0. The van der Waals surface area contributed by atoms with Crippen molar-refractivity contribution in [2.45, 2.75) is 5.92 Å². The molecule has 2 aromatic rings. The van der Waals surface area contributed by atoms with E-state index in [9.17, 15) is 15.0 Å². The first kappa shape index (κ1) is 13.8. The number of allylic oxidation sites excluding steroid dienone is 1. The lowest BCUT2D eigenvalue weighted by molar-refractivity contribution is -0.114. The van der Waals surface area contributed by atoms with Gasteiger partial charge in [0.25, 0.3) is 0 Å². The number of phenols is 2. The number of hydrogen-bond acceptors (Lipinski definition) is 7. The van der Waals surface area contributed by atoms with Crippen molar-refractivity contribution in [2.75, 3.05) is 0 Å². The highest BCUT2D eigenvalue weighted by molar-refractivity contribution is 8.19. The highest BCUT2D eigenvalue weighted by atomic mass is 32.2. The molecule has 0 amide bonds. The molecule has 106 valence electrons. The van der Waals surface area contributed by atoms with Crippen molar-refractivity contribution in [3.05, 3.63) is 45.3 Å². The van der Waals surface area contributed by atoms with Gasteiger partial charge in [-0.1, -0.05) is 11.8 Å². The Labute approximate surface area is 128 Å². The van der Waals surface area contributed by atoms with Gasteiger partial charge in [-0.2, -0.15) is 0 Å². The molecule has 1 aliphatic heterocycles. The third-order valence-electron chi connectivity index (χ3n) is 2.99. The van der Waals surface area contributed by atoms with Gasteiger partial charge in [-0.3, -0.25) is 10.2 Å². The molecule has 0 bridgehead atoms. The van der Waals surface area contributed by atoms with Crippen molar-refractivity contribution in [1.29, 1.82) is 5.41 Å². The Hall–Kier alpha value is -2.12. The Morgan fingerprint density at radius 2 is 2.14 bits per heavy atom. The molecule has 0 aliphatic carbocycles. The lowest BCUT2D eigenvalue weighted by Crippen LogP contribution is -2.11. The molecular formula is C14H10N2O3S2. The van der Waals surface area contributed by atoms with Crippen LogP contribution in [-0.4, -0.2) is 26.0 Å². The highest BCUT2D eigenvalue weighted by Gasteiger charge is 2.38. The normalized spacial score (nSPS) is 20.4. The fourth-order valence-electron chi connectivity index (χ4n) is 1.99. The second kappa shape index (κ2) is 5.34. The van der Waals surface area contributed by atoms with Gasteiger partial charge >= 0.3 is 0 Å². The number of aromatic hydroxyl groups is 2. The molecule has 1 saturated heterocycles. The van der Waals surface area contributed by atoms with E-state index in [0.29, 0.717) is 15.5 Å². The van der Waals surface area contributed by atoms with Crippen molar-refractivity contribution in [3.63, 3.8) is 0 Å². The van der Waals surface area contributed by atoms with Crippen LogP contribution in [0.25, 0.3) is 6.08 Å². The standard InChI is InChI=1S/C14H10N2O3S2/c15-13-11(14-16-3-4-20-14)12(19)10(21-13)5-7-1-2-8(17)6-9(7)18/h1-6,11,15,17-18H/b10-5-,15-13?/t11-/m0/s1. The summed E-state index contributed by atoms with van der Waals surface area (Å²) in [5.41, 5.74) is 0.427. The number of hydrogen-bond donors (Lipinski definition) is 3. The number of aromatic nitrogens is 1. The minimum atomic E-state index is -0.638. The molecule has 1 aromatic carbocycles. The predicted molar refractivity (Wildman–Crippen MR) is 82.9 cm³/mol. The van der Waals surface area contributed by atoms with Crippen molar-refractivity contribution in [3.8, 4) is 11.5 Å². The molecule has 21 heavy (non-hydrogen) atoms. The number of rotatable bonds is 2. The van der Waals surface area contributed by atoms with E-state index in [0.717, 1.165) is 11.8 Å². The van der Waals surface area contributed by atoms with E-state index in [-0.39, 0.29) is 22.3 Å². The molecule has 1 atom stereocenters. The van der Waals surface area contributed by atoms with Gasteiger partial charge in [-0.15, -0.1) is 11.3 Å². The van der Waals surface area contributed by atoms with E-state index < -0.39 is 5.92 Å². The zero-order valence-corrected chi connectivity index (χ0v) is 12.2. The van der Waals surface area contributed by atoms with E-state index in [1.807, 2.05) is 0 Å². The van der Waals surface area contributed by atoms with E-state index in [2.05, 4.69) is 4.98 Å². The topological polar surface area (TPSA) is 94.3 Å². The van der Waals surface area contributed by atoms with Gasteiger partial charge in [-0.25, -0.2) is 4.98 Å². The molecule has 0 unspecified atom stereocenters. The van der Waals surface area contributed by atoms with Crippen molar-refractivity contribution < 1.29 is 15.0 Å². The predicted octanol–water partition coefficient (Wildman–Crippen LogP) is 2.97. The van der Waals surface area contributed by atoms with Gasteiger partial charge in [-0.05, 0) is 18.2 Å². The minimum absolute atomic E-state index is 0.0477. The first-order valence-corrected chi connectivity index (χ1v) is 7.69. The summed E-state index contributed by atoms with van der Waals surface area (Å²) >= 11 is 2.42. The number of carbonyl (C=O) groups is 1. The number of ketones is 1. The fourth-order valence-corrected chi connectivity index (χ4v) is 3.78. The van der Waals surface area contributed by atoms with Crippen LogP contribution in [0.1, 0.15) is 16.5 Å². The first-order chi connectivity index (χ1) is 10.1. The quantitative estimate of drug-likeness (QED) is 0.740. The molecule has 0 radical (unpaired) electrons. The fraction of sp³-hybridized carbons (Fsp3) is 0.0714. The lowest BCUT2D eigenvalue weighted by atomic mass is 10.0. The molecule has 3 rings (SSSR count). The average molecular weight is 318 g/mol. The number of nitrogens with zero attached hydrogens (tertiary/aromatic N) is 1. The molecule has 2 heterocycles. The molecule has 3 N–H and O–H groups in total. The number of benzene rings is 1. The molecule has 1 aliphatic rings. The van der Waals surface area contributed by atoms with Crippen molar-refractivity contribution in [2.24, 2.45) is 0 Å². The summed E-state index contributed by atoms with van der Waals surface area (Å²) in [6, 6.07) is 4.16. The zero-order chi connectivity index (χ0) is 15.0. The van der Waals surface area contributed by atoms with E-state index in [4.69, 9.17) is 5.41 Å². The maximum absolute atomic E-state index is 12.4. The monoisotopic (exact) mass is 318 g/mol. The maximum Gasteiger partial charge on any atom is 0.186 e. The number of Topliss-reactive ketones (excluding diaryl/α,β-unsaturated/α-hetero) is 1. The Morgan fingerprint density at radius 1 is 1.33 bits per heavy atom. The number of thiazole rings is 1. The SMILES string of the molecule is N=C1S/C(=C\c2ccc(O)cc2O)C(=O)[C@@H]1c1nccs1. The third-order valence-corrected chi connectivity index (χ3v) is 4.82. The van der Waals surface area contributed by atoms with E-state index in [1.165, 1.54) is 35.6 Å². The Kier molecular flexibility index (Phi) is 3.52. The van der Waals surface area contributed by atoms with Gasteiger partial charge < -0.3 is 10.2 Å². The van der Waals surface area contributed by atoms with Crippen LogP contribution in [0.15, 0.2) is 34.7 Å². The van der Waals surface area contributed by atoms with Crippen LogP contribution in [0.5, 0.6) is 11.5 Å². The van der Waals surface area contributed by atoms with Crippen LogP contribution in [0.4, 0.5) is 0 Å². The summed E-state index contributed by atoms with van der Waals surface area (Å²) in [5, 5.41) is 29.6. The molecule has 7 heteroatoms. The summed E-state index contributed by atoms with van der Waals surface area (Å²) < 4.78 is 0. The number of thioether (sulfide) groups is 1. The molecule has 1 aromatic heterocycles. The molecule has 5 nitrogen and oxygen atoms in total. The van der Waals surface area contributed by atoms with Gasteiger partial charge in [0.05, 0.1) is 9.95 Å². The summed E-state index contributed by atoms with van der Waals surface area (Å²) in [4.78, 5) is 16.9. The van der Waals surface area contributed by atoms with Crippen LogP contribution in [0.3, 0.4) is 0 Å². The average Bonchev–Trinajstić information content (AvgIpc) is 3.02. The van der Waals surface area contributed by atoms with Gasteiger partial charge in [0, 0.05) is 23.2 Å². The van der Waals surface area contributed by atoms with Crippen LogP contribution in [0.2, 0.25) is 0 Å². The molecular weight excluding hydrogens is 308 g/mol. The minimum Gasteiger partial charge on any atom is -0.508 e. The van der Waals surface area contributed by atoms with Gasteiger partial charge in [0.1, 0.15) is 22.4 Å². The smallest absolute Gasteiger partial charge is 0.186 e. The summed E-state index contributed by atoms with van der Waals surface area (Å²) in [7, 11) is 0. The summed E-state index contributed by atoms with van der Waals surface area (Å²) in [6.07, 6.45) is 3.14. The van der Waals surface area contributed by atoms with Gasteiger partial charge in [0.2, 0.25) is 0 Å². The lowest BCUT2D eigenvalue weighted by Gasteiger charge is -2.02. The van der Waals surface area contributed by atoms with Crippen LogP contribution in [-0.2, 0) is 4.79 Å². The van der Waals surface area contributed by atoms with Crippen LogP contribution in [0, 0.1) is 5.41 Å². The number of phenolic OH excluding ortho intramolecular Hbond substituents is 2. The Morgan fingerprint density at radius 3 is 2.81 bits per heavy atom. The van der Waals surface area contributed by atoms with E-state index in [1.54, 1.807) is 11.6 Å². The van der Waals surface area contributed by atoms with E-state index >= 15 is 0 Å². The second-order valence-corrected chi connectivity index (χ2v) is 6.40.